The van der Waals surface area contributed by atoms with Gasteiger partial charge in [-0.1, -0.05) is 20.8 Å². The second-order valence-corrected chi connectivity index (χ2v) is 7.32. The molecule has 1 aromatic carbocycles. The normalized spacial score (nSPS) is 16.6. The van der Waals surface area contributed by atoms with Crippen molar-refractivity contribution in [2.24, 2.45) is 5.92 Å². The summed E-state index contributed by atoms with van der Waals surface area (Å²) < 4.78 is 26.1. The largest absolute Gasteiger partial charge is 0.313 e. The Balaban J connectivity index is 0.000000312. The molecule has 0 aliphatic heterocycles. The number of halogens is 2. The highest BCUT2D eigenvalue weighted by molar-refractivity contribution is 7.81. The number of hydrogen-bond acceptors (Lipinski definition) is 2. The van der Waals surface area contributed by atoms with E-state index < -0.39 is 11.6 Å². The van der Waals surface area contributed by atoms with Crippen LogP contribution >= 0.6 is 12.6 Å². The Bertz CT molecular complexity index is 385. The highest BCUT2D eigenvalue weighted by Crippen LogP contribution is 2.40. The molecule has 0 radical (unpaired) electrons. The maximum atomic E-state index is 12.9. The Morgan fingerprint density at radius 3 is 1.89 bits per heavy atom. The van der Waals surface area contributed by atoms with E-state index in [0.717, 1.165) is 18.9 Å². The summed E-state index contributed by atoms with van der Waals surface area (Å²) in [6.07, 6.45) is 2.28. The average molecular weight is 287 g/mol. The molecule has 0 spiro atoms. The summed E-state index contributed by atoms with van der Waals surface area (Å²) in [6.45, 7) is 6.16. The van der Waals surface area contributed by atoms with Crippen molar-refractivity contribution in [2.75, 3.05) is 7.05 Å². The summed E-state index contributed by atoms with van der Waals surface area (Å²) in [5.74, 6) is -0.456. The van der Waals surface area contributed by atoms with Gasteiger partial charge in [0.25, 0.3) is 0 Å². The maximum absolute atomic E-state index is 12.9. The summed E-state index contributed by atoms with van der Waals surface area (Å²) >= 11 is 4.12. The van der Waals surface area contributed by atoms with Crippen LogP contribution in [0.5, 0.6) is 0 Å². The van der Waals surface area contributed by atoms with Gasteiger partial charge >= 0.3 is 0 Å². The standard InChI is InChI=1S/C11H13F2N.C4H10S/c1-14-11(7-2-3-7)8-4-9(12)6-10(13)5-8;1-4(2,3)5/h4-7,11,14H,2-3H2,1H3;5H,1-3H3. The zero-order valence-electron chi connectivity index (χ0n) is 12.0. The van der Waals surface area contributed by atoms with Crippen LogP contribution in [0.25, 0.3) is 0 Å². The van der Waals surface area contributed by atoms with Crippen molar-refractivity contribution in [3.8, 4) is 0 Å². The van der Waals surface area contributed by atoms with Crippen molar-refractivity contribution >= 4 is 12.6 Å². The molecule has 19 heavy (non-hydrogen) atoms. The van der Waals surface area contributed by atoms with E-state index in [2.05, 4.69) is 38.7 Å². The van der Waals surface area contributed by atoms with E-state index >= 15 is 0 Å². The molecule has 0 amide bonds. The lowest BCUT2D eigenvalue weighted by atomic mass is 10.0. The molecule has 1 fully saturated rings. The first-order valence-electron chi connectivity index (χ1n) is 6.56. The first kappa shape index (κ1) is 16.4. The van der Waals surface area contributed by atoms with Crippen LogP contribution in [0.15, 0.2) is 18.2 Å². The lowest BCUT2D eigenvalue weighted by molar-refractivity contribution is 0.513. The van der Waals surface area contributed by atoms with E-state index in [0.29, 0.717) is 11.5 Å². The van der Waals surface area contributed by atoms with Crippen LogP contribution in [-0.2, 0) is 0 Å². The molecule has 2 rings (SSSR count). The van der Waals surface area contributed by atoms with E-state index in [1.807, 2.05) is 7.05 Å². The topological polar surface area (TPSA) is 12.0 Å². The predicted molar refractivity (Wildman–Crippen MR) is 79.6 cm³/mol. The molecule has 0 saturated heterocycles. The highest BCUT2D eigenvalue weighted by Gasteiger charge is 2.31. The fourth-order valence-electron chi connectivity index (χ4n) is 1.86. The summed E-state index contributed by atoms with van der Waals surface area (Å²) in [5.41, 5.74) is 0.715. The monoisotopic (exact) mass is 287 g/mol. The van der Waals surface area contributed by atoms with Crippen molar-refractivity contribution in [1.29, 1.82) is 0 Å². The van der Waals surface area contributed by atoms with Crippen LogP contribution in [-0.4, -0.2) is 11.8 Å². The predicted octanol–water partition coefficient (Wildman–Crippen LogP) is 4.35. The molecular formula is C15H23F2NS. The van der Waals surface area contributed by atoms with E-state index in [1.54, 1.807) is 0 Å². The quantitative estimate of drug-likeness (QED) is 0.788. The number of hydrogen-bond donors (Lipinski definition) is 2. The Hall–Kier alpha value is -0.610. The number of benzene rings is 1. The van der Waals surface area contributed by atoms with Crippen LogP contribution in [0.4, 0.5) is 8.78 Å². The molecule has 108 valence electrons. The van der Waals surface area contributed by atoms with Gasteiger partial charge in [0.05, 0.1) is 0 Å². The third kappa shape index (κ3) is 6.92. The fourth-order valence-corrected chi connectivity index (χ4v) is 1.86. The third-order valence-electron chi connectivity index (χ3n) is 2.65. The SMILES string of the molecule is CC(C)(C)S.CNC(c1cc(F)cc(F)c1)C1CC1. The van der Waals surface area contributed by atoms with Gasteiger partial charge < -0.3 is 5.32 Å². The maximum Gasteiger partial charge on any atom is 0.126 e. The Labute approximate surface area is 120 Å². The van der Waals surface area contributed by atoms with Gasteiger partial charge in [-0.2, -0.15) is 12.6 Å². The minimum atomic E-state index is -0.499. The number of nitrogens with one attached hydrogen (secondary N) is 1. The third-order valence-corrected chi connectivity index (χ3v) is 2.65. The molecule has 1 aromatic rings. The van der Waals surface area contributed by atoms with Crippen molar-refractivity contribution in [1.82, 2.24) is 5.32 Å². The summed E-state index contributed by atoms with van der Waals surface area (Å²) in [6, 6.07) is 3.81. The molecule has 1 N–H and O–H groups in total. The minimum absolute atomic E-state index is 0.0974. The zero-order chi connectivity index (χ0) is 14.6. The zero-order valence-corrected chi connectivity index (χ0v) is 12.9. The van der Waals surface area contributed by atoms with E-state index in [-0.39, 0.29) is 10.8 Å². The van der Waals surface area contributed by atoms with Crippen molar-refractivity contribution in [2.45, 2.75) is 44.4 Å². The summed E-state index contributed by atoms with van der Waals surface area (Å²) in [7, 11) is 1.83. The van der Waals surface area contributed by atoms with Gasteiger partial charge in [0, 0.05) is 16.9 Å². The molecular weight excluding hydrogens is 264 g/mol. The number of thiol groups is 1. The molecule has 0 bridgehead atoms. The van der Waals surface area contributed by atoms with E-state index in [1.165, 1.54) is 12.1 Å². The molecule has 1 aliphatic carbocycles. The van der Waals surface area contributed by atoms with Gasteiger partial charge in [-0.15, -0.1) is 0 Å². The summed E-state index contributed by atoms with van der Waals surface area (Å²) in [5, 5.41) is 3.10. The van der Waals surface area contributed by atoms with Gasteiger partial charge in [-0.25, -0.2) is 8.78 Å². The summed E-state index contributed by atoms with van der Waals surface area (Å²) in [4.78, 5) is 0. The van der Waals surface area contributed by atoms with Gasteiger partial charge in [0.2, 0.25) is 0 Å². The van der Waals surface area contributed by atoms with Gasteiger partial charge in [0.15, 0.2) is 0 Å². The van der Waals surface area contributed by atoms with Gasteiger partial charge in [-0.3, -0.25) is 0 Å². The Morgan fingerprint density at radius 1 is 1.16 bits per heavy atom. The molecule has 1 nitrogen and oxygen atoms in total. The van der Waals surface area contributed by atoms with E-state index in [4.69, 9.17) is 0 Å². The molecule has 1 saturated carbocycles. The van der Waals surface area contributed by atoms with Crippen molar-refractivity contribution in [3.05, 3.63) is 35.4 Å². The smallest absolute Gasteiger partial charge is 0.126 e. The van der Waals surface area contributed by atoms with Gasteiger partial charge in [0.1, 0.15) is 11.6 Å². The lowest BCUT2D eigenvalue weighted by Gasteiger charge is -2.15. The first-order chi connectivity index (χ1) is 8.70. The van der Waals surface area contributed by atoms with Crippen LogP contribution in [0.3, 0.4) is 0 Å². The number of rotatable bonds is 3. The molecule has 0 aromatic heterocycles. The van der Waals surface area contributed by atoms with Crippen LogP contribution in [0, 0.1) is 17.6 Å². The fraction of sp³-hybridized carbons (Fsp3) is 0.600. The molecule has 1 atom stereocenters. The molecule has 1 aliphatic rings. The van der Waals surface area contributed by atoms with E-state index in [9.17, 15) is 8.78 Å². The Kier molecular flexibility index (Phi) is 5.81. The second kappa shape index (κ2) is 6.71. The lowest BCUT2D eigenvalue weighted by Crippen LogP contribution is -2.18. The van der Waals surface area contributed by atoms with Crippen LogP contribution < -0.4 is 5.32 Å². The van der Waals surface area contributed by atoms with Crippen molar-refractivity contribution < 1.29 is 8.78 Å². The van der Waals surface area contributed by atoms with Gasteiger partial charge in [-0.05, 0) is 43.5 Å². The second-order valence-electron chi connectivity index (χ2n) is 5.98. The Morgan fingerprint density at radius 2 is 1.58 bits per heavy atom. The van der Waals surface area contributed by atoms with Crippen molar-refractivity contribution in [3.63, 3.8) is 0 Å². The minimum Gasteiger partial charge on any atom is -0.313 e. The first-order valence-corrected chi connectivity index (χ1v) is 7.01. The highest BCUT2D eigenvalue weighted by atomic mass is 32.1. The van der Waals surface area contributed by atoms with Crippen LogP contribution in [0.2, 0.25) is 0 Å². The molecule has 4 heteroatoms. The molecule has 0 heterocycles. The average Bonchev–Trinajstić information content (AvgIpc) is 2.98. The van der Waals surface area contributed by atoms with Crippen LogP contribution in [0.1, 0.15) is 45.2 Å². The molecule has 1 unspecified atom stereocenters.